The van der Waals surface area contributed by atoms with Gasteiger partial charge in [-0.2, -0.15) is 4.98 Å². The number of halogens is 1. The van der Waals surface area contributed by atoms with Gasteiger partial charge in [0.15, 0.2) is 5.82 Å². The number of amides is 1. The minimum absolute atomic E-state index is 0.122. The molecule has 0 unspecified atom stereocenters. The number of rotatable bonds is 7. The van der Waals surface area contributed by atoms with E-state index in [2.05, 4.69) is 35.5 Å². The number of para-hydroxylation sites is 1. The van der Waals surface area contributed by atoms with Gasteiger partial charge < -0.3 is 25.4 Å². The summed E-state index contributed by atoms with van der Waals surface area (Å²) in [6.45, 7) is 0.727. The first kappa shape index (κ1) is 22.5. The van der Waals surface area contributed by atoms with Crippen molar-refractivity contribution in [2.24, 2.45) is 0 Å². The molecule has 2 aromatic heterocycles. The van der Waals surface area contributed by atoms with Crippen LogP contribution in [0.5, 0.6) is 0 Å². The molecule has 4 rings (SSSR count). The molecule has 2 aromatic carbocycles. The number of imidazole rings is 1. The minimum Gasteiger partial charge on any atom is -0.345 e. The molecule has 10 heteroatoms. The van der Waals surface area contributed by atoms with E-state index in [4.69, 9.17) is 11.6 Å². The summed E-state index contributed by atoms with van der Waals surface area (Å²) >= 11 is 6.34. The Hall–Kier alpha value is -3.69. The highest BCUT2D eigenvalue weighted by Gasteiger charge is 2.15. The van der Waals surface area contributed by atoms with Crippen LogP contribution in [0.3, 0.4) is 0 Å². The van der Waals surface area contributed by atoms with E-state index in [0.717, 1.165) is 29.1 Å². The van der Waals surface area contributed by atoms with Crippen LogP contribution in [0.15, 0.2) is 48.7 Å². The summed E-state index contributed by atoms with van der Waals surface area (Å²) < 4.78 is 0. The summed E-state index contributed by atoms with van der Waals surface area (Å²) in [4.78, 5) is 32.8. The predicted octanol–water partition coefficient (Wildman–Crippen LogP) is 4.26. The lowest BCUT2D eigenvalue weighted by Crippen LogP contribution is -2.22. The Morgan fingerprint density at radius 3 is 2.61 bits per heavy atom. The molecule has 0 aliphatic carbocycles. The van der Waals surface area contributed by atoms with Crippen molar-refractivity contribution in [3.8, 4) is 0 Å². The molecule has 3 N–H and O–H groups in total. The molecule has 0 saturated heterocycles. The topological polar surface area (TPSA) is 102 Å². The number of hydrogen-bond acceptors (Lipinski definition) is 7. The molecule has 2 heterocycles. The van der Waals surface area contributed by atoms with Crippen molar-refractivity contribution in [2.75, 3.05) is 38.8 Å². The Bertz CT molecular complexity index is 1300. The van der Waals surface area contributed by atoms with Gasteiger partial charge in [0.2, 0.25) is 5.95 Å². The number of benzene rings is 2. The van der Waals surface area contributed by atoms with Gasteiger partial charge in [-0.25, -0.2) is 9.97 Å². The van der Waals surface area contributed by atoms with Crippen LogP contribution in [0.1, 0.15) is 16.2 Å². The van der Waals surface area contributed by atoms with Gasteiger partial charge in [-0.05, 0) is 44.4 Å². The lowest BCUT2D eigenvalue weighted by Gasteiger charge is -2.16. The number of anilines is 4. The summed E-state index contributed by atoms with van der Waals surface area (Å²) in [5, 5.41) is 6.70. The molecule has 0 bridgehead atoms. The molecule has 0 radical (unpaired) electrons. The number of nitrogens with zero attached hydrogens (tertiary/aromatic N) is 5. The summed E-state index contributed by atoms with van der Waals surface area (Å²) in [5.41, 5.74) is 3.73. The van der Waals surface area contributed by atoms with Crippen LogP contribution >= 0.6 is 11.6 Å². The Balaban J connectivity index is 1.58. The minimum atomic E-state index is -0.122. The molecule has 1 amide bonds. The molecule has 33 heavy (non-hydrogen) atoms. The highest BCUT2D eigenvalue weighted by Crippen LogP contribution is 2.28. The summed E-state index contributed by atoms with van der Waals surface area (Å²) in [6, 6.07) is 13.0. The molecule has 0 fully saturated rings. The number of fused-ring (bicyclic) bond motifs is 1. The summed E-state index contributed by atoms with van der Waals surface area (Å²) in [5.74, 6) is 1.53. The maximum absolute atomic E-state index is 12.5. The van der Waals surface area contributed by atoms with Crippen LogP contribution in [0.4, 0.5) is 23.1 Å². The largest absolute Gasteiger partial charge is 0.345 e. The third-order valence-electron chi connectivity index (χ3n) is 4.81. The zero-order valence-electron chi connectivity index (χ0n) is 18.8. The molecular weight excluding hydrogens is 440 g/mol. The fraction of sp³-hybridized carbons (Fsp3) is 0.217. The molecule has 170 valence electrons. The third kappa shape index (κ3) is 5.21. The van der Waals surface area contributed by atoms with E-state index in [1.807, 2.05) is 44.4 Å². The number of carbonyl (C=O) groups is 1. The van der Waals surface area contributed by atoms with E-state index >= 15 is 0 Å². The summed E-state index contributed by atoms with van der Waals surface area (Å²) in [6.07, 6.45) is 1.51. The Labute approximate surface area is 196 Å². The van der Waals surface area contributed by atoms with Crippen molar-refractivity contribution in [2.45, 2.75) is 6.54 Å². The number of nitrogens with one attached hydrogen (secondary N) is 3. The van der Waals surface area contributed by atoms with E-state index < -0.39 is 0 Å². The van der Waals surface area contributed by atoms with Crippen molar-refractivity contribution in [1.82, 2.24) is 29.7 Å². The van der Waals surface area contributed by atoms with Crippen molar-refractivity contribution >= 4 is 51.7 Å². The third-order valence-corrected chi connectivity index (χ3v) is 5.09. The van der Waals surface area contributed by atoms with Crippen LogP contribution in [-0.4, -0.2) is 63.8 Å². The van der Waals surface area contributed by atoms with Gasteiger partial charge >= 0.3 is 0 Å². The number of H-pyrrole nitrogens is 1. The van der Waals surface area contributed by atoms with Gasteiger partial charge in [0.25, 0.3) is 5.91 Å². The predicted molar refractivity (Wildman–Crippen MR) is 132 cm³/mol. The second-order valence-corrected chi connectivity index (χ2v) is 8.45. The maximum Gasteiger partial charge on any atom is 0.255 e. The van der Waals surface area contributed by atoms with E-state index in [0.29, 0.717) is 28.0 Å². The maximum atomic E-state index is 12.5. The van der Waals surface area contributed by atoms with Crippen molar-refractivity contribution in [1.29, 1.82) is 0 Å². The van der Waals surface area contributed by atoms with Gasteiger partial charge in [0.1, 0.15) is 10.8 Å². The van der Waals surface area contributed by atoms with Gasteiger partial charge in [0.05, 0.1) is 35.0 Å². The molecular formula is C23H25ClN8O. The van der Waals surface area contributed by atoms with Gasteiger partial charge in [-0.15, -0.1) is 0 Å². The van der Waals surface area contributed by atoms with Crippen LogP contribution in [0, 0.1) is 0 Å². The highest BCUT2D eigenvalue weighted by atomic mass is 35.5. The van der Waals surface area contributed by atoms with E-state index in [1.165, 1.54) is 11.1 Å². The second-order valence-electron chi connectivity index (χ2n) is 8.04. The van der Waals surface area contributed by atoms with E-state index in [-0.39, 0.29) is 5.91 Å². The number of aromatic nitrogens is 4. The monoisotopic (exact) mass is 464 g/mol. The first-order valence-electron chi connectivity index (χ1n) is 10.3. The standard InChI is InChI=1S/C23H25ClN8O/c1-31(2)13-20-27-18-10-9-14(11-19(18)28-20)26-23-25-12-16(24)21(30-23)29-17-8-6-5-7-15(17)22(33)32(3)4/h5-12H,13H2,1-4H3,(H,27,28)(H2,25,26,29,30). The number of hydrogen-bond donors (Lipinski definition) is 3. The Morgan fingerprint density at radius 2 is 1.85 bits per heavy atom. The molecule has 4 aromatic rings. The lowest BCUT2D eigenvalue weighted by molar-refractivity contribution is 0.0828. The van der Waals surface area contributed by atoms with Crippen LogP contribution < -0.4 is 10.6 Å². The van der Waals surface area contributed by atoms with Crippen LogP contribution in [0.25, 0.3) is 11.0 Å². The first-order chi connectivity index (χ1) is 15.8. The molecule has 0 aliphatic heterocycles. The molecule has 0 aliphatic rings. The van der Waals surface area contributed by atoms with Crippen LogP contribution in [0.2, 0.25) is 5.02 Å². The van der Waals surface area contributed by atoms with E-state index in [9.17, 15) is 4.79 Å². The lowest BCUT2D eigenvalue weighted by atomic mass is 10.1. The first-order valence-corrected chi connectivity index (χ1v) is 10.7. The normalized spacial score (nSPS) is 11.1. The van der Waals surface area contributed by atoms with Crippen molar-refractivity contribution in [3.05, 3.63) is 65.1 Å². The average molecular weight is 465 g/mol. The molecule has 9 nitrogen and oxygen atoms in total. The fourth-order valence-corrected chi connectivity index (χ4v) is 3.44. The zero-order valence-corrected chi connectivity index (χ0v) is 19.6. The van der Waals surface area contributed by atoms with Gasteiger partial charge in [0, 0.05) is 19.8 Å². The molecule has 0 spiro atoms. The Kier molecular flexibility index (Phi) is 6.43. The smallest absolute Gasteiger partial charge is 0.255 e. The fourth-order valence-electron chi connectivity index (χ4n) is 3.31. The van der Waals surface area contributed by atoms with Crippen LogP contribution in [-0.2, 0) is 6.54 Å². The number of aromatic amines is 1. The van der Waals surface area contributed by atoms with Crippen molar-refractivity contribution in [3.63, 3.8) is 0 Å². The quantitative estimate of drug-likeness (QED) is 0.375. The highest BCUT2D eigenvalue weighted by molar-refractivity contribution is 6.33. The van der Waals surface area contributed by atoms with Gasteiger partial charge in [-0.1, -0.05) is 23.7 Å². The van der Waals surface area contributed by atoms with Gasteiger partial charge in [-0.3, -0.25) is 4.79 Å². The Morgan fingerprint density at radius 1 is 1.06 bits per heavy atom. The number of carbonyl (C=O) groups excluding carboxylic acids is 1. The molecule has 0 saturated carbocycles. The second kappa shape index (κ2) is 9.43. The SMILES string of the molecule is CN(C)Cc1nc2ccc(Nc3ncc(Cl)c(Nc4ccccc4C(=O)N(C)C)n3)cc2[nH]1. The average Bonchev–Trinajstić information content (AvgIpc) is 3.16. The molecule has 0 atom stereocenters. The summed E-state index contributed by atoms with van der Waals surface area (Å²) in [7, 11) is 7.41. The zero-order chi connectivity index (χ0) is 23.5. The van der Waals surface area contributed by atoms with Crippen molar-refractivity contribution < 1.29 is 4.79 Å². The van der Waals surface area contributed by atoms with E-state index in [1.54, 1.807) is 26.2 Å².